The van der Waals surface area contributed by atoms with Gasteiger partial charge in [0.25, 0.3) is 5.91 Å². The summed E-state index contributed by atoms with van der Waals surface area (Å²) in [6.07, 6.45) is 2.58. The number of aromatic amines is 1. The molecule has 0 unspecified atom stereocenters. The topological polar surface area (TPSA) is 108 Å². The highest BCUT2D eigenvalue weighted by Crippen LogP contribution is 2.14. The van der Waals surface area contributed by atoms with E-state index in [-0.39, 0.29) is 23.4 Å². The van der Waals surface area contributed by atoms with Gasteiger partial charge in [-0.15, -0.1) is 0 Å². The Morgan fingerprint density at radius 1 is 1.53 bits per heavy atom. The number of piperidine rings is 1. The van der Waals surface area contributed by atoms with Crippen molar-refractivity contribution in [1.29, 1.82) is 0 Å². The normalized spacial score (nSPS) is 18.4. The SMILES string of the molecule is CCS(=O)(=O)N1CCC(NC(=O)c2cn[nH]n2)CC1. The minimum absolute atomic E-state index is 0.0208. The standard InChI is InChI=1S/C10H17N5O3S/c1-2-19(17,18)15-5-3-8(4-6-15)12-10(16)9-7-11-14-13-9/h7-8H,2-6H2,1H3,(H,12,16)(H,11,13,14). The summed E-state index contributed by atoms with van der Waals surface area (Å²) in [6.45, 7) is 2.52. The summed E-state index contributed by atoms with van der Waals surface area (Å²) in [7, 11) is -3.12. The van der Waals surface area contributed by atoms with Crippen molar-refractivity contribution in [2.75, 3.05) is 18.8 Å². The number of carbonyl (C=O) groups is 1. The second-order valence-electron chi connectivity index (χ2n) is 4.40. The van der Waals surface area contributed by atoms with Crippen molar-refractivity contribution in [2.24, 2.45) is 0 Å². The van der Waals surface area contributed by atoms with Crippen LogP contribution in [0.1, 0.15) is 30.3 Å². The number of nitrogens with zero attached hydrogens (tertiary/aromatic N) is 3. The van der Waals surface area contributed by atoms with Crippen molar-refractivity contribution in [3.63, 3.8) is 0 Å². The zero-order valence-corrected chi connectivity index (χ0v) is 11.5. The van der Waals surface area contributed by atoms with Crippen molar-refractivity contribution in [3.05, 3.63) is 11.9 Å². The molecule has 2 N–H and O–H groups in total. The quantitative estimate of drug-likeness (QED) is 0.765. The molecule has 2 heterocycles. The number of H-pyrrole nitrogens is 1. The lowest BCUT2D eigenvalue weighted by molar-refractivity contribution is 0.0918. The highest BCUT2D eigenvalue weighted by atomic mass is 32.2. The van der Waals surface area contributed by atoms with Crippen LogP contribution in [0, 0.1) is 0 Å². The monoisotopic (exact) mass is 287 g/mol. The van der Waals surface area contributed by atoms with Crippen molar-refractivity contribution in [3.8, 4) is 0 Å². The maximum Gasteiger partial charge on any atom is 0.273 e. The minimum atomic E-state index is -3.12. The lowest BCUT2D eigenvalue weighted by Crippen LogP contribution is -2.46. The van der Waals surface area contributed by atoms with E-state index in [1.807, 2.05) is 0 Å². The highest BCUT2D eigenvalue weighted by molar-refractivity contribution is 7.89. The summed E-state index contributed by atoms with van der Waals surface area (Å²) in [4.78, 5) is 11.7. The largest absolute Gasteiger partial charge is 0.348 e. The van der Waals surface area contributed by atoms with E-state index in [9.17, 15) is 13.2 Å². The molecule has 1 aliphatic rings. The van der Waals surface area contributed by atoms with Gasteiger partial charge < -0.3 is 5.32 Å². The average Bonchev–Trinajstić information content (AvgIpc) is 2.93. The second kappa shape index (κ2) is 5.66. The molecule has 0 atom stereocenters. The summed E-state index contributed by atoms with van der Waals surface area (Å²) < 4.78 is 24.9. The lowest BCUT2D eigenvalue weighted by Gasteiger charge is -2.31. The van der Waals surface area contributed by atoms with E-state index in [2.05, 4.69) is 20.7 Å². The third-order valence-corrected chi connectivity index (χ3v) is 5.08. The molecule has 9 heteroatoms. The van der Waals surface area contributed by atoms with Crippen LogP contribution in [0.2, 0.25) is 0 Å². The summed E-state index contributed by atoms with van der Waals surface area (Å²) >= 11 is 0. The van der Waals surface area contributed by atoms with E-state index in [4.69, 9.17) is 0 Å². The zero-order chi connectivity index (χ0) is 13.9. The molecule has 1 saturated heterocycles. The van der Waals surface area contributed by atoms with E-state index < -0.39 is 10.0 Å². The highest BCUT2D eigenvalue weighted by Gasteiger charge is 2.27. The van der Waals surface area contributed by atoms with Gasteiger partial charge in [0.15, 0.2) is 5.69 Å². The van der Waals surface area contributed by atoms with E-state index in [0.29, 0.717) is 25.9 Å². The number of sulfonamides is 1. The van der Waals surface area contributed by atoms with Crippen LogP contribution >= 0.6 is 0 Å². The molecule has 0 bridgehead atoms. The maximum atomic E-state index is 11.7. The number of carbonyl (C=O) groups excluding carboxylic acids is 1. The van der Waals surface area contributed by atoms with E-state index in [1.54, 1.807) is 6.92 Å². The van der Waals surface area contributed by atoms with Crippen LogP contribution in [0.5, 0.6) is 0 Å². The van der Waals surface area contributed by atoms with Crippen LogP contribution in [0.4, 0.5) is 0 Å². The third-order valence-electron chi connectivity index (χ3n) is 3.19. The minimum Gasteiger partial charge on any atom is -0.348 e. The first kappa shape index (κ1) is 13.9. The molecule has 1 aromatic rings. The van der Waals surface area contributed by atoms with E-state index >= 15 is 0 Å². The first-order chi connectivity index (χ1) is 9.03. The molecule has 1 aliphatic heterocycles. The average molecular weight is 287 g/mol. The molecule has 19 heavy (non-hydrogen) atoms. The Morgan fingerprint density at radius 3 is 2.74 bits per heavy atom. The summed E-state index contributed by atoms with van der Waals surface area (Å²) in [5.74, 6) is -0.172. The predicted molar refractivity (Wildman–Crippen MR) is 67.9 cm³/mol. The number of hydrogen-bond acceptors (Lipinski definition) is 5. The van der Waals surface area contributed by atoms with Gasteiger partial charge in [-0.05, 0) is 19.8 Å². The molecule has 1 amide bonds. The number of amides is 1. The van der Waals surface area contributed by atoms with Gasteiger partial charge in [0.05, 0.1) is 11.9 Å². The Kier molecular flexibility index (Phi) is 4.15. The number of rotatable bonds is 4. The van der Waals surface area contributed by atoms with Gasteiger partial charge >= 0.3 is 0 Å². The Balaban J connectivity index is 1.86. The zero-order valence-electron chi connectivity index (χ0n) is 10.7. The molecule has 0 spiro atoms. The van der Waals surface area contributed by atoms with Crippen LogP contribution in [-0.4, -0.2) is 58.9 Å². The van der Waals surface area contributed by atoms with Gasteiger partial charge in [0.2, 0.25) is 10.0 Å². The van der Waals surface area contributed by atoms with Crippen molar-refractivity contribution < 1.29 is 13.2 Å². The van der Waals surface area contributed by atoms with Gasteiger partial charge in [-0.25, -0.2) is 12.7 Å². The summed E-state index contributed by atoms with van der Waals surface area (Å²) in [5.41, 5.74) is 0.239. The Bertz CT molecular complexity index is 519. The van der Waals surface area contributed by atoms with Crippen molar-refractivity contribution in [2.45, 2.75) is 25.8 Å². The molecule has 0 radical (unpaired) electrons. The Hall–Kier alpha value is -1.48. The van der Waals surface area contributed by atoms with Crippen LogP contribution in [0.3, 0.4) is 0 Å². The van der Waals surface area contributed by atoms with Gasteiger partial charge in [-0.2, -0.15) is 15.4 Å². The third kappa shape index (κ3) is 3.29. The Morgan fingerprint density at radius 2 is 2.21 bits per heavy atom. The molecule has 0 aliphatic carbocycles. The number of aromatic nitrogens is 3. The fourth-order valence-electron chi connectivity index (χ4n) is 2.03. The smallest absolute Gasteiger partial charge is 0.273 e. The molecule has 8 nitrogen and oxygen atoms in total. The summed E-state index contributed by atoms with van der Waals surface area (Å²) in [5, 5.41) is 12.5. The fourth-order valence-corrected chi connectivity index (χ4v) is 3.16. The van der Waals surface area contributed by atoms with Crippen LogP contribution in [0.25, 0.3) is 0 Å². The van der Waals surface area contributed by atoms with E-state index in [0.717, 1.165) is 0 Å². The molecule has 0 aromatic carbocycles. The molecule has 1 aromatic heterocycles. The van der Waals surface area contributed by atoms with Gasteiger partial charge in [-0.1, -0.05) is 0 Å². The molecule has 2 rings (SSSR count). The van der Waals surface area contributed by atoms with E-state index in [1.165, 1.54) is 10.5 Å². The first-order valence-electron chi connectivity index (χ1n) is 6.17. The summed E-state index contributed by atoms with van der Waals surface area (Å²) in [6, 6.07) is -0.0208. The predicted octanol–water partition coefficient (Wildman–Crippen LogP) is -0.651. The van der Waals surface area contributed by atoms with Gasteiger partial charge in [0.1, 0.15) is 0 Å². The van der Waals surface area contributed by atoms with Gasteiger partial charge in [0, 0.05) is 19.1 Å². The van der Waals surface area contributed by atoms with Crippen molar-refractivity contribution in [1.82, 2.24) is 25.0 Å². The van der Waals surface area contributed by atoms with Crippen LogP contribution < -0.4 is 5.32 Å². The van der Waals surface area contributed by atoms with Crippen LogP contribution in [-0.2, 0) is 10.0 Å². The molecule has 106 valence electrons. The van der Waals surface area contributed by atoms with Crippen LogP contribution in [0.15, 0.2) is 6.20 Å². The van der Waals surface area contributed by atoms with Gasteiger partial charge in [-0.3, -0.25) is 4.79 Å². The molecular formula is C10H17N5O3S. The number of hydrogen-bond donors (Lipinski definition) is 2. The lowest BCUT2D eigenvalue weighted by atomic mass is 10.1. The molecular weight excluding hydrogens is 270 g/mol. The maximum absolute atomic E-state index is 11.7. The molecule has 0 saturated carbocycles. The van der Waals surface area contributed by atoms with Crippen molar-refractivity contribution >= 4 is 15.9 Å². The number of nitrogens with one attached hydrogen (secondary N) is 2. The Labute approximate surface area is 111 Å². The first-order valence-corrected chi connectivity index (χ1v) is 7.78. The second-order valence-corrected chi connectivity index (χ2v) is 6.66. The molecule has 1 fully saturated rings. The fraction of sp³-hybridized carbons (Fsp3) is 0.700.